The van der Waals surface area contributed by atoms with Gasteiger partial charge in [0.15, 0.2) is 0 Å². The molecule has 4 unspecified atom stereocenters. The molecule has 14 heteroatoms. The molecule has 0 bridgehead atoms. The van der Waals surface area contributed by atoms with Crippen LogP contribution in [0.25, 0.3) is 0 Å². The third-order valence-electron chi connectivity index (χ3n) is 6.37. The number of halogens is 4. The predicted molar refractivity (Wildman–Crippen MR) is 137 cm³/mol. The molecule has 0 saturated carbocycles. The van der Waals surface area contributed by atoms with E-state index in [9.17, 15) is 27.6 Å². The maximum Gasteiger partial charge on any atom is 0.416 e. The lowest BCUT2D eigenvalue weighted by molar-refractivity contribution is -0.140. The first kappa shape index (κ1) is 28.0. The lowest BCUT2D eigenvalue weighted by atomic mass is 9.96. The van der Waals surface area contributed by atoms with Crippen molar-refractivity contribution in [2.75, 3.05) is 32.3 Å². The molecular formula is C24H25ClF3N5O4S. The number of nitrogens with one attached hydrogen (secondary N) is 3. The first-order valence-electron chi connectivity index (χ1n) is 11.4. The fourth-order valence-electron chi connectivity index (χ4n) is 4.34. The molecule has 0 spiro atoms. The Bertz CT molecular complexity index is 1230. The van der Waals surface area contributed by atoms with Crippen LogP contribution in [0.5, 0.6) is 5.75 Å². The molecule has 2 fully saturated rings. The number of fused-ring (bicyclic) bond motifs is 1. The topological polar surface area (TPSA) is 103 Å². The standard InChI is InChI=1S/C24H25ClF3N5O4S/c1-32-20-18(22(35)33(2)23(32)36)21(31-19(30-20)12-4-7-14(37-3)8-5-12)38-11-17(34)29-16-10-13(24(26,27)28)6-9-15(16)25/h4-10,18-21,30-31H,11H2,1-3H3,(H,29,34). The zero-order valence-corrected chi connectivity index (χ0v) is 22.1. The summed E-state index contributed by atoms with van der Waals surface area (Å²) >= 11 is 7.10. The number of methoxy groups -OCH3 is 1. The Hall–Kier alpha value is -3.00. The lowest BCUT2D eigenvalue weighted by Crippen LogP contribution is -2.72. The van der Waals surface area contributed by atoms with E-state index in [1.807, 2.05) is 12.1 Å². The van der Waals surface area contributed by atoms with Crippen molar-refractivity contribution in [3.8, 4) is 5.75 Å². The summed E-state index contributed by atoms with van der Waals surface area (Å²) in [5.41, 5.74) is -0.306. The molecule has 2 aromatic carbocycles. The molecule has 3 N–H and O–H groups in total. The van der Waals surface area contributed by atoms with Gasteiger partial charge in [0.05, 0.1) is 52.8 Å². The fraction of sp³-hybridized carbons (Fsp3) is 0.375. The Morgan fingerprint density at radius 2 is 1.82 bits per heavy atom. The van der Waals surface area contributed by atoms with Gasteiger partial charge in [-0.2, -0.15) is 13.2 Å². The van der Waals surface area contributed by atoms with Crippen LogP contribution < -0.4 is 20.7 Å². The smallest absolute Gasteiger partial charge is 0.416 e. The number of alkyl halides is 3. The molecule has 0 aromatic heterocycles. The van der Waals surface area contributed by atoms with Crippen LogP contribution in [0, 0.1) is 5.92 Å². The van der Waals surface area contributed by atoms with Gasteiger partial charge < -0.3 is 15.0 Å². The second kappa shape index (κ2) is 11.0. The summed E-state index contributed by atoms with van der Waals surface area (Å²) in [6, 6.07) is 9.38. The Kier molecular flexibility index (Phi) is 8.12. The van der Waals surface area contributed by atoms with Gasteiger partial charge in [-0.15, -0.1) is 11.8 Å². The highest BCUT2D eigenvalue weighted by atomic mass is 35.5. The molecule has 4 atom stereocenters. The molecule has 0 radical (unpaired) electrons. The summed E-state index contributed by atoms with van der Waals surface area (Å²) < 4.78 is 44.5. The first-order valence-corrected chi connectivity index (χ1v) is 12.8. The van der Waals surface area contributed by atoms with E-state index in [4.69, 9.17) is 16.3 Å². The number of ether oxygens (including phenoxy) is 1. The molecule has 2 aliphatic heterocycles. The number of hydrogen-bond donors (Lipinski definition) is 3. The Balaban J connectivity index is 1.53. The molecule has 0 aliphatic carbocycles. The van der Waals surface area contributed by atoms with Crippen LogP contribution in [0.4, 0.5) is 23.7 Å². The number of thioether (sulfide) groups is 1. The molecular weight excluding hydrogens is 547 g/mol. The van der Waals surface area contributed by atoms with Gasteiger partial charge in [-0.1, -0.05) is 23.7 Å². The van der Waals surface area contributed by atoms with Crippen LogP contribution in [0.2, 0.25) is 5.02 Å². The lowest BCUT2D eigenvalue weighted by Gasteiger charge is -2.50. The van der Waals surface area contributed by atoms with Crippen LogP contribution in [-0.2, 0) is 15.8 Å². The molecule has 2 heterocycles. The summed E-state index contributed by atoms with van der Waals surface area (Å²) in [5.74, 6) is -1.32. The van der Waals surface area contributed by atoms with Crippen LogP contribution in [0.1, 0.15) is 17.3 Å². The second-order valence-corrected chi connectivity index (χ2v) is 10.3. The molecule has 2 aromatic rings. The molecule has 4 rings (SSSR count). The number of carbonyl (C=O) groups excluding carboxylic acids is 3. The summed E-state index contributed by atoms with van der Waals surface area (Å²) in [6.07, 6.45) is -5.75. The maximum atomic E-state index is 13.1. The average molecular weight is 572 g/mol. The van der Waals surface area contributed by atoms with E-state index in [0.29, 0.717) is 5.75 Å². The highest BCUT2D eigenvalue weighted by Gasteiger charge is 2.51. The van der Waals surface area contributed by atoms with E-state index >= 15 is 0 Å². The van der Waals surface area contributed by atoms with Gasteiger partial charge in [0.25, 0.3) is 0 Å². The van der Waals surface area contributed by atoms with Crippen LogP contribution in [0.3, 0.4) is 0 Å². The number of hydrogen-bond acceptors (Lipinski definition) is 7. The van der Waals surface area contributed by atoms with E-state index in [0.717, 1.165) is 40.4 Å². The molecule has 4 amide bonds. The monoisotopic (exact) mass is 571 g/mol. The SMILES string of the molecule is COc1ccc(C2NC(SCC(=O)Nc3cc(C(F)(F)F)ccc3Cl)C3C(=O)N(C)C(=O)N(C)C3N2)cc1. The minimum absolute atomic E-state index is 0.0415. The van der Waals surface area contributed by atoms with E-state index in [-0.39, 0.29) is 16.5 Å². The minimum Gasteiger partial charge on any atom is -0.497 e. The van der Waals surface area contributed by atoms with Gasteiger partial charge in [-0.3, -0.25) is 25.1 Å². The van der Waals surface area contributed by atoms with Crippen molar-refractivity contribution in [1.29, 1.82) is 0 Å². The third-order valence-corrected chi connectivity index (χ3v) is 7.91. The van der Waals surface area contributed by atoms with Crippen molar-refractivity contribution in [3.05, 3.63) is 58.6 Å². The number of imide groups is 1. The molecule has 9 nitrogen and oxygen atoms in total. The minimum atomic E-state index is -4.60. The Labute approximate surface area is 226 Å². The number of carbonyl (C=O) groups is 3. The summed E-state index contributed by atoms with van der Waals surface area (Å²) in [6.45, 7) is 0. The van der Waals surface area contributed by atoms with Crippen molar-refractivity contribution in [2.45, 2.75) is 23.9 Å². The van der Waals surface area contributed by atoms with Crippen molar-refractivity contribution in [3.63, 3.8) is 0 Å². The predicted octanol–water partition coefficient (Wildman–Crippen LogP) is 3.72. The zero-order valence-electron chi connectivity index (χ0n) is 20.5. The quantitative estimate of drug-likeness (QED) is 0.486. The van der Waals surface area contributed by atoms with E-state index in [1.165, 1.54) is 11.9 Å². The number of anilines is 1. The largest absolute Gasteiger partial charge is 0.497 e. The van der Waals surface area contributed by atoms with Gasteiger partial charge >= 0.3 is 12.2 Å². The summed E-state index contributed by atoms with van der Waals surface area (Å²) in [4.78, 5) is 40.9. The van der Waals surface area contributed by atoms with Gasteiger partial charge in [0, 0.05) is 14.1 Å². The molecule has 2 saturated heterocycles. The van der Waals surface area contributed by atoms with Crippen LogP contribution in [-0.4, -0.2) is 66.1 Å². The van der Waals surface area contributed by atoms with Gasteiger partial charge in [0.1, 0.15) is 5.75 Å². The van der Waals surface area contributed by atoms with Crippen LogP contribution >= 0.6 is 23.4 Å². The number of nitrogens with zero attached hydrogens (tertiary/aromatic N) is 2. The number of rotatable bonds is 6. The normalized spacial score (nSPS) is 23.8. The first-order chi connectivity index (χ1) is 17.9. The highest BCUT2D eigenvalue weighted by molar-refractivity contribution is 8.00. The van der Waals surface area contributed by atoms with E-state index in [1.54, 1.807) is 26.3 Å². The summed E-state index contributed by atoms with van der Waals surface area (Å²) in [5, 5.41) is 8.37. The van der Waals surface area contributed by atoms with Crippen molar-refractivity contribution >= 4 is 46.9 Å². The van der Waals surface area contributed by atoms with Gasteiger partial charge in [-0.25, -0.2) is 4.79 Å². The zero-order chi connectivity index (χ0) is 27.8. The van der Waals surface area contributed by atoms with Crippen molar-refractivity contribution in [2.24, 2.45) is 5.92 Å². The second-order valence-electron chi connectivity index (χ2n) is 8.77. The Morgan fingerprint density at radius 3 is 2.45 bits per heavy atom. The van der Waals surface area contributed by atoms with Crippen LogP contribution in [0.15, 0.2) is 42.5 Å². The van der Waals surface area contributed by atoms with Gasteiger partial charge in [0.2, 0.25) is 11.8 Å². The van der Waals surface area contributed by atoms with E-state index in [2.05, 4.69) is 16.0 Å². The Morgan fingerprint density at radius 1 is 1.13 bits per heavy atom. The molecule has 204 valence electrons. The maximum absolute atomic E-state index is 13.1. The van der Waals surface area contributed by atoms with E-state index < -0.39 is 53.2 Å². The number of amides is 4. The molecule has 2 aliphatic rings. The highest BCUT2D eigenvalue weighted by Crippen LogP contribution is 2.36. The van der Waals surface area contributed by atoms with Crippen molar-refractivity contribution < 1.29 is 32.3 Å². The third kappa shape index (κ3) is 5.70. The van der Waals surface area contributed by atoms with Gasteiger partial charge in [-0.05, 0) is 35.9 Å². The number of benzene rings is 2. The molecule has 38 heavy (non-hydrogen) atoms. The number of urea groups is 1. The fourth-order valence-corrected chi connectivity index (χ4v) is 5.61. The average Bonchev–Trinajstić information content (AvgIpc) is 2.89. The van der Waals surface area contributed by atoms with Crippen molar-refractivity contribution in [1.82, 2.24) is 20.4 Å². The summed E-state index contributed by atoms with van der Waals surface area (Å²) in [7, 11) is 4.51.